The average Bonchev–Trinajstić information content (AvgIpc) is 2.83. The summed E-state index contributed by atoms with van der Waals surface area (Å²) in [6, 6.07) is 3.55. The molecule has 0 spiro atoms. The Morgan fingerprint density at radius 1 is 1.20 bits per heavy atom. The Balaban J connectivity index is 2.90. The number of halogens is 1. The molecule has 0 fully saturated rings. The number of hydrogen-bond donors (Lipinski definition) is 0. The summed E-state index contributed by atoms with van der Waals surface area (Å²) in [7, 11) is 0.516. The lowest BCUT2D eigenvalue weighted by Crippen LogP contribution is -2.36. The predicted octanol–water partition coefficient (Wildman–Crippen LogP) is 2.49. The van der Waals surface area contributed by atoms with E-state index in [0.717, 1.165) is 17.8 Å². The van der Waals surface area contributed by atoms with Crippen molar-refractivity contribution in [2.24, 2.45) is 0 Å². The Bertz CT molecular complexity index is 500. The molecule has 1 aromatic heterocycles. The summed E-state index contributed by atoms with van der Waals surface area (Å²) in [5.41, 5.74) is 0. The number of alkyl halides is 1. The molecule has 1 heterocycles. The van der Waals surface area contributed by atoms with Crippen molar-refractivity contribution in [3.8, 4) is 0 Å². The van der Waals surface area contributed by atoms with Crippen molar-refractivity contribution in [3.05, 3.63) is 17.0 Å². The van der Waals surface area contributed by atoms with Crippen molar-refractivity contribution in [3.63, 3.8) is 0 Å². The van der Waals surface area contributed by atoms with Crippen molar-refractivity contribution < 1.29 is 8.42 Å². The molecule has 0 aliphatic carbocycles. The summed E-state index contributed by atoms with van der Waals surface area (Å²) in [6.07, 6.45) is 1.53. The van der Waals surface area contributed by atoms with Gasteiger partial charge in [0.05, 0.1) is 0 Å². The molecule has 0 aromatic carbocycles. The van der Waals surface area contributed by atoms with Crippen LogP contribution in [-0.4, -0.2) is 57.2 Å². The van der Waals surface area contributed by atoms with Gasteiger partial charge in [-0.25, -0.2) is 8.42 Å². The first-order valence-corrected chi connectivity index (χ1v) is 9.50. The fourth-order valence-electron chi connectivity index (χ4n) is 1.76. The van der Waals surface area contributed by atoms with Crippen LogP contribution in [0, 0.1) is 0 Å². The second-order valence-corrected chi connectivity index (χ2v) is 8.58. The summed E-state index contributed by atoms with van der Waals surface area (Å²) in [4.78, 5) is 3.01. The molecule has 1 aromatic rings. The average molecular weight is 339 g/mol. The van der Waals surface area contributed by atoms with Gasteiger partial charge in [0.1, 0.15) is 4.21 Å². The highest BCUT2D eigenvalue weighted by Gasteiger charge is 2.25. The van der Waals surface area contributed by atoms with Crippen LogP contribution < -0.4 is 0 Å². The molecule has 0 saturated heterocycles. The van der Waals surface area contributed by atoms with Crippen LogP contribution in [0.25, 0.3) is 0 Å². The van der Waals surface area contributed by atoms with E-state index in [-0.39, 0.29) is 0 Å². The lowest BCUT2D eigenvalue weighted by Gasteiger charge is -2.22. The molecule has 0 radical (unpaired) electrons. The molecule has 116 valence electrons. The molecule has 0 bridgehead atoms. The molecular formula is C13H23ClN2O2S2. The van der Waals surface area contributed by atoms with Crippen LogP contribution in [0.15, 0.2) is 16.3 Å². The van der Waals surface area contributed by atoms with Crippen molar-refractivity contribution in [1.82, 2.24) is 9.21 Å². The molecule has 0 unspecified atom stereocenters. The maximum Gasteiger partial charge on any atom is 0.252 e. The number of rotatable bonds is 9. The highest BCUT2D eigenvalue weighted by Crippen LogP contribution is 2.25. The monoisotopic (exact) mass is 338 g/mol. The van der Waals surface area contributed by atoms with Gasteiger partial charge < -0.3 is 4.90 Å². The van der Waals surface area contributed by atoms with Gasteiger partial charge in [0, 0.05) is 30.4 Å². The summed E-state index contributed by atoms with van der Waals surface area (Å²) in [5.74, 6) is 0.513. The largest absolute Gasteiger partial charge is 0.308 e. The van der Waals surface area contributed by atoms with E-state index in [9.17, 15) is 8.42 Å². The molecule has 7 heteroatoms. The van der Waals surface area contributed by atoms with E-state index in [2.05, 4.69) is 0 Å². The van der Waals surface area contributed by atoms with E-state index in [0.29, 0.717) is 29.6 Å². The quantitative estimate of drug-likeness (QED) is 0.649. The van der Waals surface area contributed by atoms with Crippen molar-refractivity contribution in [2.45, 2.75) is 24.0 Å². The third-order valence-corrected chi connectivity index (χ3v) is 6.54. The highest BCUT2D eigenvalue weighted by atomic mass is 35.5. The fourth-order valence-corrected chi connectivity index (χ4v) is 5.11. The van der Waals surface area contributed by atoms with Gasteiger partial charge in [0.25, 0.3) is 10.0 Å². The zero-order valence-corrected chi connectivity index (χ0v) is 14.7. The molecular weight excluding hydrogens is 316 g/mol. The Kier molecular flexibility index (Phi) is 7.47. The molecule has 20 heavy (non-hydrogen) atoms. The van der Waals surface area contributed by atoms with E-state index in [1.807, 2.05) is 32.0 Å². The van der Waals surface area contributed by atoms with Gasteiger partial charge >= 0.3 is 0 Å². The first kappa shape index (κ1) is 17.9. The van der Waals surface area contributed by atoms with Crippen molar-refractivity contribution >= 4 is 33.0 Å². The van der Waals surface area contributed by atoms with E-state index in [4.69, 9.17) is 11.6 Å². The Morgan fingerprint density at radius 3 is 2.45 bits per heavy atom. The Hall–Kier alpha value is -0.140. The number of hydrogen-bond acceptors (Lipinski definition) is 4. The maximum atomic E-state index is 12.6. The Morgan fingerprint density at radius 2 is 1.90 bits per heavy atom. The standard InChI is InChI=1S/C13H23ClN2O2S2/c1-4-9-16(11-10-15(2)3)20(17,18)13-6-5-12(19-13)7-8-14/h5-6H,4,7-11H2,1-3H3. The second kappa shape index (κ2) is 8.34. The Labute approximate surface area is 131 Å². The summed E-state index contributed by atoms with van der Waals surface area (Å²) in [6.45, 7) is 3.79. The number of nitrogens with zero attached hydrogens (tertiary/aromatic N) is 2. The summed E-state index contributed by atoms with van der Waals surface area (Å²) in [5, 5.41) is 0. The lowest BCUT2D eigenvalue weighted by molar-refractivity contribution is 0.333. The van der Waals surface area contributed by atoms with Crippen LogP contribution in [0.3, 0.4) is 0 Å². The van der Waals surface area contributed by atoms with Crippen molar-refractivity contribution in [2.75, 3.05) is 39.6 Å². The molecule has 0 saturated carbocycles. The van der Waals surface area contributed by atoms with Gasteiger partial charge in [-0.05, 0) is 39.1 Å². The molecule has 0 aliphatic rings. The number of aryl methyl sites for hydroxylation is 1. The van der Waals surface area contributed by atoms with Crippen LogP contribution in [0.5, 0.6) is 0 Å². The van der Waals surface area contributed by atoms with Crippen LogP contribution in [0.1, 0.15) is 18.2 Å². The predicted molar refractivity (Wildman–Crippen MR) is 86.3 cm³/mol. The van der Waals surface area contributed by atoms with Gasteiger partial charge in [0.2, 0.25) is 0 Å². The smallest absolute Gasteiger partial charge is 0.252 e. The van der Waals surface area contributed by atoms with Crippen LogP contribution in [0.4, 0.5) is 0 Å². The number of likely N-dealkylation sites (N-methyl/N-ethyl adjacent to an activating group) is 1. The summed E-state index contributed by atoms with van der Waals surface area (Å²) >= 11 is 7.02. The normalized spacial score (nSPS) is 12.5. The highest BCUT2D eigenvalue weighted by molar-refractivity contribution is 7.91. The van der Waals surface area contributed by atoms with Crippen LogP contribution >= 0.6 is 22.9 Å². The molecule has 1 rings (SSSR count). The van der Waals surface area contributed by atoms with Gasteiger partial charge in [-0.1, -0.05) is 6.92 Å². The first-order valence-electron chi connectivity index (χ1n) is 6.71. The van der Waals surface area contributed by atoms with Gasteiger partial charge in [0.15, 0.2) is 0 Å². The maximum absolute atomic E-state index is 12.6. The second-order valence-electron chi connectivity index (χ2n) is 4.87. The topological polar surface area (TPSA) is 40.6 Å². The SMILES string of the molecule is CCCN(CCN(C)C)S(=O)(=O)c1ccc(CCCl)s1. The van der Waals surface area contributed by atoms with Crippen LogP contribution in [0.2, 0.25) is 0 Å². The first-order chi connectivity index (χ1) is 9.41. The molecule has 0 atom stereocenters. The van der Waals surface area contributed by atoms with Gasteiger partial charge in [-0.15, -0.1) is 22.9 Å². The lowest BCUT2D eigenvalue weighted by atomic mass is 10.4. The third kappa shape index (κ3) is 5.00. The van der Waals surface area contributed by atoms with Crippen LogP contribution in [-0.2, 0) is 16.4 Å². The van der Waals surface area contributed by atoms with E-state index < -0.39 is 10.0 Å². The molecule has 0 amide bonds. The van der Waals surface area contributed by atoms with E-state index >= 15 is 0 Å². The number of sulfonamides is 1. The van der Waals surface area contributed by atoms with Gasteiger partial charge in [-0.3, -0.25) is 0 Å². The van der Waals surface area contributed by atoms with Gasteiger partial charge in [-0.2, -0.15) is 4.31 Å². The zero-order chi connectivity index (χ0) is 15.2. The molecule has 4 nitrogen and oxygen atoms in total. The number of thiophene rings is 1. The minimum absolute atomic E-state index is 0.421. The minimum Gasteiger partial charge on any atom is -0.308 e. The zero-order valence-electron chi connectivity index (χ0n) is 12.3. The van der Waals surface area contributed by atoms with E-state index in [1.54, 1.807) is 10.4 Å². The van der Waals surface area contributed by atoms with E-state index in [1.165, 1.54) is 11.3 Å². The fraction of sp³-hybridized carbons (Fsp3) is 0.692. The molecule has 0 aliphatic heterocycles. The third-order valence-electron chi connectivity index (χ3n) is 2.84. The van der Waals surface area contributed by atoms with Crippen molar-refractivity contribution in [1.29, 1.82) is 0 Å². The summed E-state index contributed by atoms with van der Waals surface area (Å²) < 4.78 is 27.3. The minimum atomic E-state index is -3.37. The molecule has 0 N–H and O–H groups in total.